The Balaban J connectivity index is 1.57. The van der Waals surface area contributed by atoms with Crippen LogP contribution in [0.2, 0.25) is 0 Å². The van der Waals surface area contributed by atoms with E-state index in [4.69, 9.17) is 18.9 Å². The molecule has 2 heterocycles. The van der Waals surface area contributed by atoms with Gasteiger partial charge in [0.25, 0.3) is 0 Å². The van der Waals surface area contributed by atoms with Gasteiger partial charge in [-0.3, -0.25) is 4.79 Å². The Labute approximate surface area is 232 Å². The second-order valence-corrected chi connectivity index (χ2v) is 12.8. The maximum absolute atomic E-state index is 11.5. The molecule has 3 unspecified atom stereocenters. The van der Waals surface area contributed by atoms with Gasteiger partial charge >= 0.3 is 5.97 Å². The molecule has 3 aliphatic rings. The van der Waals surface area contributed by atoms with Gasteiger partial charge in [0.05, 0.1) is 31.5 Å². The normalized spacial score (nSPS) is 32.9. The molecule has 0 bridgehead atoms. The highest BCUT2D eigenvalue weighted by atomic mass is 127. The molecule has 6 nitrogen and oxygen atoms in total. The molecule has 7 heteroatoms. The summed E-state index contributed by atoms with van der Waals surface area (Å²) in [4.78, 5) is 11.5. The number of rotatable bonds is 15. The van der Waals surface area contributed by atoms with Crippen molar-refractivity contribution in [3.05, 3.63) is 12.2 Å². The first-order valence-corrected chi connectivity index (χ1v) is 15.7. The lowest BCUT2D eigenvalue weighted by Crippen LogP contribution is -2.32. The molecule has 9 atom stereocenters. The Hall–Kier alpha value is -0.220. The third-order valence-electron chi connectivity index (χ3n) is 8.18. The van der Waals surface area contributed by atoms with Gasteiger partial charge < -0.3 is 24.1 Å². The molecule has 1 aliphatic carbocycles. The Morgan fingerprint density at radius 2 is 2.03 bits per heavy atom. The second-order valence-electron chi connectivity index (χ2n) is 11.2. The summed E-state index contributed by atoms with van der Waals surface area (Å²) in [5.74, 6) is 1.01. The topological polar surface area (TPSA) is 74.2 Å². The molecule has 0 radical (unpaired) electrons. The molecule has 0 aromatic heterocycles. The lowest BCUT2D eigenvalue weighted by atomic mass is 9.88. The molecule has 0 aromatic rings. The van der Waals surface area contributed by atoms with Gasteiger partial charge in [-0.05, 0) is 56.8 Å². The molecule has 2 saturated heterocycles. The van der Waals surface area contributed by atoms with E-state index in [-0.39, 0.29) is 36.5 Å². The summed E-state index contributed by atoms with van der Waals surface area (Å²) in [5, 5.41) is 10.8. The fourth-order valence-corrected chi connectivity index (χ4v) is 7.00. The highest BCUT2D eigenvalue weighted by molar-refractivity contribution is 14.1. The molecule has 0 spiro atoms. The summed E-state index contributed by atoms with van der Waals surface area (Å²) in [5.41, 5.74) is 0. The first-order chi connectivity index (χ1) is 17.4. The Morgan fingerprint density at radius 1 is 1.19 bits per heavy atom. The van der Waals surface area contributed by atoms with Crippen molar-refractivity contribution in [3.63, 3.8) is 0 Å². The van der Waals surface area contributed by atoms with Crippen LogP contribution in [0.4, 0.5) is 0 Å². The van der Waals surface area contributed by atoms with Crippen molar-refractivity contribution in [3.8, 4) is 0 Å². The largest absolute Gasteiger partial charge is 0.469 e. The van der Waals surface area contributed by atoms with Crippen molar-refractivity contribution in [2.75, 3.05) is 13.7 Å². The van der Waals surface area contributed by atoms with Crippen LogP contribution in [0.1, 0.15) is 97.3 Å². The van der Waals surface area contributed by atoms with Crippen LogP contribution in [0.25, 0.3) is 0 Å². The van der Waals surface area contributed by atoms with E-state index in [1.807, 2.05) is 6.08 Å². The fraction of sp³-hybridized carbons (Fsp3) is 0.897. The molecule has 0 aromatic carbocycles. The van der Waals surface area contributed by atoms with Crippen molar-refractivity contribution in [1.29, 1.82) is 0 Å². The molecule has 3 fully saturated rings. The summed E-state index contributed by atoms with van der Waals surface area (Å²) >= 11 is 2.49. The predicted molar refractivity (Wildman–Crippen MR) is 150 cm³/mol. The van der Waals surface area contributed by atoms with E-state index in [1.54, 1.807) is 0 Å². The zero-order valence-electron chi connectivity index (χ0n) is 22.6. The summed E-state index contributed by atoms with van der Waals surface area (Å²) in [6.07, 6.45) is 17.3. The van der Waals surface area contributed by atoms with E-state index in [0.717, 1.165) is 58.0 Å². The Morgan fingerprint density at radius 3 is 2.75 bits per heavy atom. The van der Waals surface area contributed by atoms with Crippen LogP contribution < -0.4 is 0 Å². The monoisotopic (exact) mass is 620 g/mol. The number of alkyl halides is 1. The van der Waals surface area contributed by atoms with E-state index in [2.05, 4.69) is 42.5 Å². The highest BCUT2D eigenvalue weighted by Crippen LogP contribution is 2.47. The lowest BCUT2D eigenvalue weighted by Gasteiger charge is -2.30. The van der Waals surface area contributed by atoms with Gasteiger partial charge in [-0.15, -0.1) is 0 Å². The highest BCUT2D eigenvalue weighted by Gasteiger charge is 2.50. The van der Waals surface area contributed by atoms with Crippen molar-refractivity contribution in [2.45, 2.75) is 132 Å². The molecule has 3 rings (SSSR count). The van der Waals surface area contributed by atoms with Crippen LogP contribution in [0.5, 0.6) is 0 Å². The van der Waals surface area contributed by atoms with Crippen LogP contribution in [0, 0.1) is 17.8 Å². The van der Waals surface area contributed by atoms with E-state index >= 15 is 0 Å². The molecule has 36 heavy (non-hydrogen) atoms. The van der Waals surface area contributed by atoms with Gasteiger partial charge in [-0.2, -0.15) is 0 Å². The number of halogens is 1. The van der Waals surface area contributed by atoms with Gasteiger partial charge in [0.15, 0.2) is 6.29 Å². The first-order valence-electron chi connectivity index (χ1n) is 14.4. The number of carbonyl (C=O) groups is 1. The standard InChI is InChI=1S/C29H49IO6/c1-4-5-6-10-20(2)17-21(31)14-15-22-23-18-27(24(30)11-9-12-28(32)33-3)35-26(23)19-25(22)36-29-13-7-8-16-34-29/h14-15,20-27,29,31H,4-13,16-19H2,1-3H3/b15-14+/t20-,21+,22+,23+,24?,25+,26+,27?,29?/m0/s1. The van der Waals surface area contributed by atoms with E-state index < -0.39 is 6.10 Å². The number of hydrogen-bond donors (Lipinski definition) is 1. The Kier molecular flexibility index (Phi) is 13.5. The molecular weight excluding hydrogens is 571 g/mol. The molecule has 2 aliphatic heterocycles. The average Bonchev–Trinajstić information content (AvgIpc) is 3.41. The summed E-state index contributed by atoms with van der Waals surface area (Å²) < 4.78 is 24.1. The zero-order chi connectivity index (χ0) is 25.9. The summed E-state index contributed by atoms with van der Waals surface area (Å²) in [6, 6.07) is 0. The lowest BCUT2D eigenvalue weighted by molar-refractivity contribution is -0.194. The molecular formula is C29H49IO6. The van der Waals surface area contributed by atoms with Gasteiger partial charge in [0, 0.05) is 29.3 Å². The number of esters is 1. The number of hydrogen-bond acceptors (Lipinski definition) is 6. The maximum atomic E-state index is 11.5. The van der Waals surface area contributed by atoms with Crippen LogP contribution in [0.3, 0.4) is 0 Å². The quantitative estimate of drug-likeness (QED) is 0.0755. The van der Waals surface area contributed by atoms with Crippen molar-refractivity contribution in [2.24, 2.45) is 17.8 Å². The van der Waals surface area contributed by atoms with Gasteiger partial charge in [0.1, 0.15) is 0 Å². The van der Waals surface area contributed by atoms with Crippen molar-refractivity contribution in [1.82, 2.24) is 0 Å². The minimum Gasteiger partial charge on any atom is -0.469 e. The van der Waals surface area contributed by atoms with Crippen LogP contribution in [-0.2, 0) is 23.7 Å². The predicted octanol–water partition coefficient (Wildman–Crippen LogP) is 6.36. The van der Waals surface area contributed by atoms with E-state index in [1.165, 1.54) is 32.8 Å². The summed E-state index contributed by atoms with van der Waals surface area (Å²) in [7, 11) is 1.44. The number of aliphatic hydroxyl groups excluding tert-OH is 1. The molecule has 1 N–H and O–H groups in total. The van der Waals surface area contributed by atoms with E-state index in [9.17, 15) is 9.90 Å². The first kappa shape index (κ1) is 30.3. The second kappa shape index (κ2) is 16.0. The van der Waals surface area contributed by atoms with Crippen LogP contribution >= 0.6 is 22.6 Å². The van der Waals surface area contributed by atoms with Crippen molar-refractivity contribution >= 4 is 28.6 Å². The number of methoxy groups -OCH3 is 1. The minimum atomic E-state index is -0.416. The van der Waals surface area contributed by atoms with Crippen molar-refractivity contribution < 1.29 is 28.8 Å². The number of ether oxygens (including phenoxy) is 4. The SMILES string of the molecule is CCCCC[C@H](C)C[C@H](O)/C=C/[C@@H]1[C@H]2CC(C(I)CCCC(=O)OC)O[C@@H]2C[C@H]1OC1CCCCO1. The number of unbranched alkanes of at least 4 members (excludes halogenated alkanes) is 2. The number of fused-ring (bicyclic) bond motifs is 1. The third-order valence-corrected chi connectivity index (χ3v) is 9.60. The van der Waals surface area contributed by atoms with Crippen LogP contribution in [0.15, 0.2) is 12.2 Å². The molecule has 0 amide bonds. The maximum Gasteiger partial charge on any atom is 0.305 e. The third kappa shape index (κ3) is 9.51. The number of carbonyl (C=O) groups excluding carboxylic acids is 1. The smallest absolute Gasteiger partial charge is 0.305 e. The fourth-order valence-electron chi connectivity index (χ4n) is 6.09. The van der Waals surface area contributed by atoms with Gasteiger partial charge in [0.2, 0.25) is 0 Å². The summed E-state index contributed by atoms with van der Waals surface area (Å²) in [6.45, 7) is 5.26. The van der Waals surface area contributed by atoms with Crippen LogP contribution in [-0.4, -0.2) is 59.4 Å². The van der Waals surface area contributed by atoms with Gasteiger partial charge in [-0.1, -0.05) is 74.3 Å². The number of aliphatic hydroxyl groups is 1. The van der Waals surface area contributed by atoms with E-state index in [0.29, 0.717) is 22.2 Å². The average molecular weight is 621 g/mol. The molecule has 1 saturated carbocycles. The zero-order valence-corrected chi connectivity index (χ0v) is 24.8. The Bertz CT molecular complexity index is 666. The molecule has 208 valence electrons. The van der Waals surface area contributed by atoms with Gasteiger partial charge in [-0.25, -0.2) is 0 Å². The minimum absolute atomic E-state index is 0.0708.